The quantitative estimate of drug-likeness (QED) is 0.795. The molecular weight excluding hydrogens is 230 g/mol. The molecule has 0 radical (unpaired) electrons. The van der Waals surface area contributed by atoms with E-state index in [1.165, 1.54) is 5.56 Å². The topological polar surface area (TPSA) is 12.0 Å². The van der Waals surface area contributed by atoms with Crippen LogP contribution in [0.25, 0.3) is 0 Å². The van der Waals surface area contributed by atoms with E-state index in [1.807, 2.05) is 18.2 Å². The van der Waals surface area contributed by atoms with Gasteiger partial charge >= 0.3 is 0 Å². The Morgan fingerprint density at radius 2 is 1.76 bits per heavy atom. The Balaban J connectivity index is 2.41. The van der Waals surface area contributed by atoms with Crippen molar-refractivity contribution in [3.05, 3.63) is 34.9 Å². The lowest BCUT2D eigenvalue weighted by Crippen LogP contribution is -2.29. The van der Waals surface area contributed by atoms with Gasteiger partial charge in [-0.3, -0.25) is 0 Å². The molecule has 0 aliphatic heterocycles. The van der Waals surface area contributed by atoms with Gasteiger partial charge in [-0.15, -0.1) is 0 Å². The van der Waals surface area contributed by atoms with Crippen molar-refractivity contribution in [3.8, 4) is 0 Å². The fourth-order valence-corrected chi connectivity index (χ4v) is 2.48. The van der Waals surface area contributed by atoms with Gasteiger partial charge in [-0.2, -0.15) is 0 Å². The van der Waals surface area contributed by atoms with Gasteiger partial charge in [-0.05, 0) is 42.0 Å². The van der Waals surface area contributed by atoms with Crippen molar-refractivity contribution < 1.29 is 0 Å². The third kappa shape index (κ3) is 5.10. The Kier molecular flexibility index (Phi) is 6.01. The average Bonchev–Trinajstić information content (AvgIpc) is 2.23. The van der Waals surface area contributed by atoms with Gasteiger partial charge in [0.1, 0.15) is 0 Å². The van der Waals surface area contributed by atoms with Gasteiger partial charge in [-0.1, -0.05) is 51.4 Å². The molecular formula is C15H24ClN. The number of hydrogen-bond donors (Lipinski definition) is 1. The maximum atomic E-state index is 5.96. The lowest BCUT2D eigenvalue weighted by atomic mass is 9.85. The number of benzene rings is 1. The largest absolute Gasteiger partial charge is 0.312 e. The molecule has 0 heterocycles. The second-order valence-electron chi connectivity index (χ2n) is 5.41. The van der Waals surface area contributed by atoms with Gasteiger partial charge in [0, 0.05) is 11.6 Å². The highest BCUT2D eigenvalue weighted by molar-refractivity contribution is 6.30. The molecule has 0 aromatic heterocycles. The lowest BCUT2D eigenvalue weighted by molar-refractivity contribution is 0.275. The summed E-state index contributed by atoms with van der Waals surface area (Å²) in [5.74, 6) is 2.18. The molecule has 1 N–H and O–H groups in total. The Hall–Kier alpha value is -0.530. The van der Waals surface area contributed by atoms with Gasteiger partial charge in [0.2, 0.25) is 0 Å². The Bertz CT molecular complexity index is 325. The van der Waals surface area contributed by atoms with Gasteiger partial charge in [0.05, 0.1) is 0 Å². The van der Waals surface area contributed by atoms with Gasteiger partial charge in [-0.25, -0.2) is 0 Å². The van der Waals surface area contributed by atoms with E-state index in [2.05, 4.69) is 39.1 Å². The number of hydrogen-bond acceptors (Lipinski definition) is 1. The van der Waals surface area contributed by atoms with Crippen LogP contribution in [0.5, 0.6) is 0 Å². The molecule has 1 nitrogen and oxygen atoms in total. The van der Waals surface area contributed by atoms with Crippen molar-refractivity contribution >= 4 is 11.6 Å². The molecule has 0 aliphatic rings. The Morgan fingerprint density at radius 1 is 1.12 bits per heavy atom. The highest BCUT2D eigenvalue weighted by atomic mass is 35.5. The maximum Gasteiger partial charge on any atom is 0.0409 e. The van der Waals surface area contributed by atoms with Crippen LogP contribution in [0.2, 0.25) is 5.02 Å². The zero-order valence-corrected chi connectivity index (χ0v) is 12.1. The summed E-state index contributed by atoms with van der Waals surface area (Å²) in [5.41, 5.74) is 1.25. The van der Waals surface area contributed by atoms with Crippen LogP contribution < -0.4 is 5.32 Å². The van der Waals surface area contributed by atoms with Crippen molar-refractivity contribution in [1.29, 1.82) is 0 Å². The summed E-state index contributed by atoms with van der Waals surface area (Å²) in [6.07, 6.45) is 0. The van der Waals surface area contributed by atoms with Crippen molar-refractivity contribution in [2.24, 2.45) is 17.8 Å². The van der Waals surface area contributed by atoms with Crippen molar-refractivity contribution in [2.45, 2.75) is 34.2 Å². The van der Waals surface area contributed by atoms with Crippen molar-refractivity contribution in [2.75, 3.05) is 6.54 Å². The van der Waals surface area contributed by atoms with E-state index in [0.29, 0.717) is 0 Å². The molecule has 0 atom stereocenters. The van der Waals surface area contributed by atoms with E-state index in [1.54, 1.807) is 0 Å². The van der Waals surface area contributed by atoms with E-state index in [-0.39, 0.29) is 0 Å². The number of nitrogens with one attached hydrogen (secondary N) is 1. The molecule has 1 aromatic rings. The summed E-state index contributed by atoms with van der Waals surface area (Å²) in [6, 6.07) is 8.05. The zero-order chi connectivity index (χ0) is 12.8. The van der Waals surface area contributed by atoms with Gasteiger partial charge in [0.25, 0.3) is 0 Å². The Morgan fingerprint density at radius 3 is 2.29 bits per heavy atom. The monoisotopic (exact) mass is 253 g/mol. The van der Waals surface area contributed by atoms with Crippen LogP contribution in [-0.2, 0) is 6.54 Å². The average molecular weight is 254 g/mol. The summed E-state index contributed by atoms with van der Waals surface area (Å²) in [5, 5.41) is 4.35. The predicted molar refractivity (Wildman–Crippen MR) is 76.3 cm³/mol. The van der Waals surface area contributed by atoms with E-state index in [9.17, 15) is 0 Å². The van der Waals surface area contributed by atoms with Crippen molar-refractivity contribution in [1.82, 2.24) is 5.32 Å². The number of halogens is 1. The van der Waals surface area contributed by atoms with E-state index in [4.69, 9.17) is 11.6 Å². The molecule has 0 saturated heterocycles. The Labute approximate surface area is 111 Å². The fourth-order valence-electron chi connectivity index (χ4n) is 2.27. The van der Waals surface area contributed by atoms with Crippen LogP contribution in [0.3, 0.4) is 0 Å². The maximum absolute atomic E-state index is 5.96. The molecule has 2 heteroatoms. The first-order valence-electron chi connectivity index (χ1n) is 6.46. The van der Waals surface area contributed by atoms with Crippen LogP contribution >= 0.6 is 11.6 Å². The van der Waals surface area contributed by atoms with E-state index in [0.717, 1.165) is 35.9 Å². The normalized spacial score (nSPS) is 11.8. The van der Waals surface area contributed by atoms with Crippen LogP contribution in [0.1, 0.15) is 33.3 Å². The zero-order valence-electron chi connectivity index (χ0n) is 11.3. The van der Waals surface area contributed by atoms with Gasteiger partial charge in [0.15, 0.2) is 0 Å². The summed E-state index contributed by atoms with van der Waals surface area (Å²) in [7, 11) is 0. The second kappa shape index (κ2) is 7.03. The highest BCUT2D eigenvalue weighted by Gasteiger charge is 2.16. The molecule has 0 saturated carbocycles. The van der Waals surface area contributed by atoms with E-state index >= 15 is 0 Å². The lowest BCUT2D eigenvalue weighted by Gasteiger charge is -2.25. The molecule has 0 bridgehead atoms. The molecule has 17 heavy (non-hydrogen) atoms. The number of rotatable bonds is 6. The summed E-state index contributed by atoms with van der Waals surface area (Å²) in [6.45, 7) is 11.2. The molecule has 0 aliphatic carbocycles. The van der Waals surface area contributed by atoms with Crippen LogP contribution in [0, 0.1) is 17.8 Å². The molecule has 0 amide bonds. The molecule has 0 spiro atoms. The minimum atomic E-state index is 0.724. The van der Waals surface area contributed by atoms with Crippen LogP contribution in [0.4, 0.5) is 0 Å². The SMILES string of the molecule is CC(C)C(CNCc1cccc(Cl)c1)C(C)C. The summed E-state index contributed by atoms with van der Waals surface area (Å²) < 4.78 is 0. The summed E-state index contributed by atoms with van der Waals surface area (Å²) in [4.78, 5) is 0. The van der Waals surface area contributed by atoms with Crippen LogP contribution in [0.15, 0.2) is 24.3 Å². The minimum absolute atomic E-state index is 0.724. The summed E-state index contributed by atoms with van der Waals surface area (Å²) >= 11 is 5.96. The molecule has 1 rings (SSSR count). The third-order valence-corrected chi connectivity index (χ3v) is 3.55. The smallest absolute Gasteiger partial charge is 0.0409 e. The minimum Gasteiger partial charge on any atom is -0.312 e. The van der Waals surface area contributed by atoms with Gasteiger partial charge < -0.3 is 5.32 Å². The molecule has 1 aromatic carbocycles. The first-order chi connectivity index (χ1) is 8.00. The predicted octanol–water partition coefficient (Wildman–Crippen LogP) is 4.36. The first-order valence-corrected chi connectivity index (χ1v) is 6.83. The molecule has 0 unspecified atom stereocenters. The standard InChI is InChI=1S/C15H24ClN/c1-11(2)15(12(3)4)10-17-9-13-6-5-7-14(16)8-13/h5-8,11-12,15,17H,9-10H2,1-4H3. The van der Waals surface area contributed by atoms with E-state index < -0.39 is 0 Å². The first kappa shape index (κ1) is 14.5. The van der Waals surface area contributed by atoms with Crippen molar-refractivity contribution in [3.63, 3.8) is 0 Å². The second-order valence-corrected chi connectivity index (χ2v) is 5.85. The molecule has 96 valence electrons. The third-order valence-electron chi connectivity index (χ3n) is 3.31. The highest BCUT2D eigenvalue weighted by Crippen LogP contribution is 2.19. The fraction of sp³-hybridized carbons (Fsp3) is 0.600. The van der Waals surface area contributed by atoms with Crippen LogP contribution in [-0.4, -0.2) is 6.54 Å². The molecule has 0 fully saturated rings.